The summed E-state index contributed by atoms with van der Waals surface area (Å²) in [7, 11) is 0. The molecule has 8 heteroatoms. The molecule has 0 atom stereocenters. The van der Waals surface area contributed by atoms with E-state index < -0.39 is 11.8 Å². The van der Waals surface area contributed by atoms with Gasteiger partial charge in [-0.3, -0.25) is 25.0 Å². The van der Waals surface area contributed by atoms with Crippen LogP contribution in [0.1, 0.15) is 46.9 Å². The number of benzene rings is 1. The Hall–Kier alpha value is -4.07. The van der Waals surface area contributed by atoms with Crippen LogP contribution in [0.4, 0.5) is 5.69 Å². The third-order valence-corrected chi connectivity index (χ3v) is 4.58. The molecule has 2 amide bonds. The number of hydrogen-bond donors (Lipinski definition) is 2. The van der Waals surface area contributed by atoms with Crippen LogP contribution in [0.5, 0.6) is 5.75 Å². The Morgan fingerprint density at radius 3 is 2.03 bits per heavy atom. The van der Waals surface area contributed by atoms with Crippen LogP contribution in [0.2, 0.25) is 0 Å². The number of anilines is 1. The second-order valence-corrected chi connectivity index (χ2v) is 6.98. The summed E-state index contributed by atoms with van der Waals surface area (Å²) >= 11 is 0. The summed E-state index contributed by atoms with van der Waals surface area (Å²) in [6.45, 7) is 2.78. The molecule has 1 aromatic carbocycles. The highest BCUT2D eigenvalue weighted by atomic mass is 16.5. The van der Waals surface area contributed by atoms with Crippen molar-refractivity contribution in [2.24, 2.45) is 0 Å². The molecule has 32 heavy (non-hydrogen) atoms. The molecule has 0 aliphatic carbocycles. The molecule has 2 N–H and O–H groups in total. The van der Waals surface area contributed by atoms with Crippen molar-refractivity contribution in [1.29, 1.82) is 5.41 Å². The number of aromatic nitrogens is 2. The van der Waals surface area contributed by atoms with E-state index in [9.17, 15) is 9.59 Å². The lowest BCUT2D eigenvalue weighted by atomic mass is 10.2. The Labute approximate surface area is 186 Å². The quantitative estimate of drug-likeness (QED) is 0.237. The second kappa shape index (κ2) is 11.4. The normalized spacial score (nSPS) is 10.3. The van der Waals surface area contributed by atoms with E-state index in [1.165, 1.54) is 36.9 Å². The number of unbranched alkanes of at least 4 members (excludes halogenated alkanes) is 2. The van der Waals surface area contributed by atoms with Gasteiger partial charge in [-0.2, -0.15) is 0 Å². The molecule has 0 aliphatic rings. The fourth-order valence-electron chi connectivity index (χ4n) is 2.90. The van der Waals surface area contributed by atoms with Crippen molar-refractivity contribution >= 4 is 23.5 Å². The predicted molar refractivity (Wildman–Crippen MR) is 122 cm³/mol. The lowest BCUT2D eigenvalue weighted by molar-refractivity contribution is 0.0712. The van der Waals surface area contributed by atoms with Gasteiger partial charge in [0.1, 0.15) is 5.75 Å². The van der Waals surface area contributed by atoms with E-state index in [0.717, 1.165) is 24.2 Å². The van der Waals surface area contributed by atoms with Crippen LogP contribution in [-0.4, -0.2) is 39.2 Å². The number of guanidine groups is 1. The Bertz CT molecular complexity index is 989. The first-order valence-corrected chi connectivity index (χ1v) is 10.4. The summed E-state index contributed by atoms with van der Waals surface area (Å²) in [6.07, 6.45) is 8.98. The molecule has 3 aromatic rings. The standard InChI is InChI=1S/C24H25N5O3/c1-2-3-4-15-32-21-11-9-20(10-12-21)28-24(25)29(22(30)18-7-5-13-26-16-18)23(31)19-8-6-14-27-17-19/h5-14,16-17H,2-4,15H2,1H3,(H2,25,28). The molecular formula is C24H25N5O3. The number of nitrogens with one attached hydrogen (secondary N) is 2. The minimum atomic E-state index is -0.666. The zero-order valence-corrected chi connectivity index (χ0v) is 17.8. The molecule has 2 heterocycles. The van der Waals surface area contributed by atoms with Crippen molar-refractivity contribution in [1.82, 2.24) is 14.9 Å². The number of hydrogen-bond acceptors (Lipinski definition) is 6. The zero-order valence-electron chi connectivity index (χ0n) is 17.8. The van der Waals surface area contributed by atoms with Gasteiger partial charge in [0.25, 0.3) is 11.8 Å². The second-order valence-electron chi connectivity index (χ2n) is 6.98. The fourth-order valence-corrected chi connectivity index (χ4v) is 2.90. The summed E-state index contributed by atoms with van der Waals surface area (Å²) in [4.78, 5) is 34.8. The van der Waals surface area contributed by atoms with Crippen molar-refractivity contribution in [3.63, 3.8) is 0 Å². The fraction of sp³-hybridized carbons (Fsp3) is 0.208. The van der Waals surface area contributed by atoms with Crippen LogP contribution in [0.15, 0.2) is 73.3 Å². The van der Waals surface area contributed by atoms with Crippen LogP contribution in [0, 0.1) is 5.41 Å². The zero-order chi connectivity index (χ0) is 22.8. The van der Waals surface area contributed by atoms with Crippen LogP contribution in [-0.2, 0) is 0 Å². The van der Waals surface area contributed by atoms with E-state index in [4.69, 9.17) is 10.1 Å². The first-order valence-electron chi connectivity index (χ1n) is 10.4. The van der Waals surface area contributed by atoms with Crippen molar-refractivity contribution < 1.29 is 14.3 Å². The molecule has 0 fully saturated rings. The molecule has 0 spiro atoms. The van der Waals surface area contributed by atoms with Gasteiger partial charge in [-0.25, -0.2) is 4.90 Å². The Balaban J connectivity index is 1.76. The number of carbonyl (C=O) groups excluding carboxylic acids is 2. The highest BCUT2D eigenvalue weighted by Crippen LogP contribution is 2.18. The maximum absolute atomic E-state index is 13.1. The third-order valence-electron chi connectivity index (χ3n) is 4.58. The molecule has 0 unspecified atom stereocenters. The van der Waals surface area contributed by atoms with E-state index in [1.54, 1.807) is 36.4 Å². The van der Waals surface area contributed by atoms with Gasteiger partial charge in [0, 0.05) is 30.5 Å². The highest BCUT2D eigenvalue weighted by Gasteiger charge is 2.28. The summed E-state index contributed by atoms with van der Waals surface area (Å²) in [5, 5.41) is 11.3. The first kappa shape index (κ1) is 22.6. The van der Waals surface area contributed by atoms with E-state index in [0.29, 0.717) is 18.0 Å². The van der Waals surface area contributed by atoms with Crippen molar-refractivity contribution in [3.05, 3.63) is 84.4 Å². The summed E-state index contributed by atoms with van der Waals surface area (Å²) in [6, 6.07) is 13.3. The molecule has 3 rings (SSSR count). The van der Waals surface area contributed by atoms with Gasteiger partial charge in [-0.15, -0.1) is 0 Å². The molecule has 0 saturated heterocycles. The molecule has 164 valence electrons. The van der Waals surface area contributed by atoms with Crippen molar-refractivity contribution in [2.75, 3.05) is 11.9 Å². The van der Waals surface area contributed by atoms with E-state index in [2.05, 4.69) is 22.2 Å². The van der Waals surface area contributed by atoms with Crippen LogP contribution in [0.25, 0.3) is 0 Å². The lowest BCUT2D eigenvalue weighted by Crippen LogP contribution is -2.45. The number of pyridine rings is 2. The Morgan fingerprint density at radius 2 is 1.53 bits per heavy atom. The third kappa shape index (κ3) is 5.98. The summed E-state index contributed by atoms with van der Waals surface area (Å²) in [5.74, 6) is -1.00. The maximum atomic E-state index is 13.1. The van der Waals surface area contributed by atoms with Crippen LogP contribution >= 0.6 is 0 Å². The SMILES string of the molecule is CCCCCOc1ccc(NC(=N)N(C(=O)c2cccnc2)C(=O)c2cccnc2)cc1. The van der Waals surface area contributed by atoms with Crippen LogP contribution in [0.3, 0.4) is 0 Å². The maximum Gasteiger partial charge on any atom is 0.269 e. The van der Waals surface area contributed by atoms with Crippen LogP contribution < -0.4 is 10.1 Å². The van der Waals surface area contributed by atoms with Gasteiger partial charge in [-0.1, -0.05) is 19.8 Å². The molecule has 2 aromatic heterocycles. The van der Waals surface area contributed by atoms with Crippen molar-refractivity contribution in [2.45, 2.75) is 26.2 Å². The molecular weight excluding hydrogens is 406 g/mol. The van der Waals surface area contributed by atoms with Gasteiger partial charge in [-0.05, 0) is 55.0 Å². The number of ether oxygens (including phenoxy) is 1. The number of imide groups is 1. The van der Waals surface area contributed by atoms with Crippen molar-refractivity contribution in [3.8, 4) is 5.75 Å². The molecule has 0 saturated carbocycles. The summed E-state index contributed by atoms with van der Waals surface area (Å²) < 4.78 is 5.69. The minimum absolute atomic E-state index is 0.187. The number of rotatable bonds is 8. The highest BCUT2D eigenvalue weighted by molar-refractivity contribution is 6.22. The smallest absolute Gasteiger partial charge is 0.269 e. The number of nitrogens with zero attached hydrogens (tertiary/aromatic N) is 3. The lowest BCUT2D eigenvalue weighted by Gasteiger charge is -2.22. The Morgan fingerprint density at radius 1 is 0.938 bits per heavy atom. The molecule has 0 aliphatic heterocycles. The molecule has 0 bridgehead atoms. The average molecular weight is 431 g/mol. The molecule has 0 radical (unpaired) electrons. The molecule has 8 nitrogen and oxygen atoms in total. The average Bonchev–Trinajstić information content (AvgIpc) is 2.84. The van der Waals surface area contributed by atoms with Gasteiger partial charge in [0.2, 0.25) is 5.96 Å². The monoisotopic (exact) mass is 431 g/mol. The van der Waals surface area contributed by atoms with Gasteiger partial charge < -0.3 is 10.1 Å². The predicted octanol–water partition coefficient (Wildman–Crippen LogP) is 4.38. The number of carbonyl (C=O) groups is 2. The summed E-state index contributed by atoms with van der Waals surface area (Å²) in [5.41, 5.74) is 0.915. The van der Waals surface area contributed by atoms with E-state index in [1.807, 2.05) is 0 Å². The van der Waals surface area contributed by atoms with Gasteiger partial charge in [0.05, 0.1) is 17.7 Å². The van der Waals surface area contributed by atoms with E-state index in [-0.39, 0.29) is 17.1 Å². The Kier molecular flexibility index (Phi) is 8.02. The first-order chi connectivity index (χ1) is 15.6. The van der Waals surface area contributed by atoms with Gasteiger partial charge in [0.15, 0.2) is 0 Å². The minimum Gasteiger partial charge on any atom is -0.494 e. The number of amides is 2. The largest absolute Gasteiger partial charge is 0.494 e. The topological polar surface area (TPSA) is 108 Å². The van der Waals surface area contributed by atoms with Gasteiger partial charge >= 0.3 is 0 Å². The van der Waals surface area contributed by atoms with E-state index >= 15 is 0 Å².